The SMILES string of the molecule is C=CCOC(=O)N1CCC(c2cc(C(=O)O)n[nH]2)C1. The summed E-state index contributed by atoms with van der Waals surface area (Å²) in [6.45, 7) is 4.75. The van der Waals surface area contributed by atoms with Crippen molar-refractivity contribution in [3.63, 3.8) is 0 Å². The number of nitrogens with zero attached hydrogens (tertiary/aromatic N) is 2. The number of amides is 1. The van der Waals surface area contributed by atoms with E-state index in [1.54, 1.807) is 4.90 Å². The van der Waals surface area contributed by atoms with Crippen molar-refractivity contribution in [2.75, 3.05) is 19.7 Å². The smallest absolute Gasteiger partial charge is 0.410 e. The molecule has 0 saturated carbocycles. The number of carbonyl (C=O) groups is 2. The highest BCUT2D eigenvalue weighted by atomic mass is 16.6. The van der Waals surface area contributed by atoms with Crippen LogP contribution in [0.2, 0.25) is 0 Å². The number of rotatable bonds is 4. The molecule has 2 rings (SSSR count). The van der Waals surface area contributed by atoms with E-state index < -0.39 is 5.97 Å². The first-order valence-corrected chi connectivity index (χ1v) is 5.93. The average Bonchev–Trinajstić information content (AvgIpc) is 3.03. The molecule has 7 nitrogen and oxygen atoms in total. The van der Waals surface area contributed by atoms with Gasteiger partial charge in [0.1, 0.15) is 6.61 Å². The third kappa shape index (κ3) is 2.93. The Labute approximate surface area is 109 Å². The maximum absolute atomic E-state index is 11.6. The molecule has 1 saturated heterocycles. The Morgan fingerprint density at radius 2 is 2.47 bits per heavy atom. The average molecular weight is 265 g/mol. The number of H-pyrrole nitrogens is 1. The van der Waals surface area contributed by atoms with Gasteiger partial charge in [0.2, 0.25) is 0 Å². The number of aromatic carboxylic acids is 1. The minimum atomic E-state index is -1.07. The van der Waals surface area contributed by atoms with Crippen LogP contribution in [0, 0.1) is 0 Å². The topological polar surface area (TPSA) is 95.5 Å². The lowest BCUT2D eigenvalue weighted by atomic mass is 10.1. The monoisotopic (exact) mass is 265 g/mol. The summed E-state index contributed by atoms with van der Waals surface area (Å²) in [5.41, 5.74) is 0.721. The molecule has 1 aromatic heterocycles. The van der Waals surface area contributed by atoms with Gasteiger partial charge in [0, 0.05) is 24.7 Å². The number of carboxylic acid groups (broad SMARTS) is 1. The maximum atomic E-state index is 11.6. The third-order valence-corrected chi connectivity index (χ3v) is 3.03. The summed E-state index contributed by atoms with van der Waals surface area (Å²) in [6, 6.07) is 1.51. The normalized spacial score (nSPS) is 18.3. The van der Waals surface area contributed by atoms with Crippen LogP contribution in [0.4, 0.5) is 4.79 Å². The molecule has 1 atom stereocenters. The fourth-order valence-electron chi connectivity index (χ4n) is 2.06. The van der Waals surface area contributed by atoms with Gasteiger partial charge in [0.25, 0.3) is 0 Å². The predicted octanol–water partition coefficient (Wildman–Crippen LogP) is 1.22. The van der Waals surface area contributed by atoms with Crippen LogP contribution in [0.15, 0.2) is 18.7 Å². The van der Waals surface area contributed by atoms with Crippen molar-refractivity contribution in [1.82, 2.24) is 15.1 Å². The highest BCUT2D eigenvalue weighted by molar-refractivity contribution is 5.85. The molecule has 1 unspecified atom stereocenters. The van der Waals surface area contributed by atoms with Crippen molar-refractivity contribution in [1.29, 1.82) is 0 Å². The van der Waals surface area contributed by atoms with Crippen LogP contribution in [0.1, 0.15) is 28.5 Å². The highest BCUT2D eigenvalue weighted by Crippen LogP contribution is 2.26. The van der Waals surface area contributed by atoms with Crippen molar-refractivity contribution >= 4 is 12.1 Å². The molecule has 2 N–H and O–H groups in total. The molecule has 1 aromatic rings. The Kier molecular flexibility index (Phi) is 3.84. The Morgan fingerprint density at radius 3 is 3.11 bits per heavy atom. The van der Waals surface area contributed by atoms with Crippen molar-refractivity contribution in [2.45, 2.75) is 12.3 Å². The molecule has 1 aliphatic heterocycles. The summed E-state index contributed by atoms with van der Waals surface area (Å²) in [5, 5.41) is 15.2. The van der Waals surface area contributed by atoms with Crippen molar-refractivity contribution in [3.8, 4) is 0 Å². The summed E-state index contributed by atoms with van der Waals surface area (Å²) in [4.78, 5) is 24.0. The number of aromatic amines is 1. The fraction of sp³-hybridized carbons (Fsp3) is 0.417. The van der Waals surface area contributed by atoms with Gasteiger partial charge in [-0.05, 0) is 12.5 Å². The summed E-state index contributed by atoms with van der Waals surface area (Å²) in [5.74, 6) is -1.00. The molecule has 1 amide bonds. The van der Waals surface area contributed by atoms with Crippen LogP contribution in [0.25, 0.3) is 0 Å². The number of aromatic nitrogens is 2. The quantitative estimate of drug-likeness (QED) is 0.798. The van der Waals surface area contributed by atoms with Gasteiger partial charge in [-0.15, -0.1) is 0 Å². The lowest BCUT2D eigenvalue weighted by Gasteiger charge is -2.15. The predicted molar refractivity (Wildman–Crippen MR) is 66.0 cm³/mol. The van der Waals surface area contributed by atoms with Gasteiger partial charge in [0.15, 0.2) is 5.69 Å². The highest BCUT2D eigenvalue weighted by Gasteiger charge is 2.29. The van der Waals surface area contributed by atoms with E-state index in [2.05, 4.69) is 16.8 Å². The van der Waals surface area contributed by atoms with E-state index in [1.807, 2.05) is 0 Å². The molecule has 1 aliphatic rings. The van der Waals surface area contributed by atoms with E-state index in [0.717, 1.165) is 12.1 Å². The first-order chi connectivity index (χ1) is 9.11. The Bertz CT molecular complexity index is 497. The summed E-state index contributed by atoms with van der Waals surface area (Å²) < 4.78 is 4.95. The third-order valence-electron chi connectivity index (χ3n) is 3.03. The van der Waals surface area contributed by atoms with E-state index in [-0.39, 0.29) is 24.3 Å². The number of hydrogen-bond donors (Lipinski definition) is 2. The van der Waals surface area contributed by atoms with E-state index in [4.69, 9.17) is 9.84 Å². The van der Waals surface area contributed by atoms with Gasteiger partial charge in [-0.25, -0.2) is 9.59 Å². The number of carbonyl (C=O) groups excluding carboxylic acids is 1. The lowest BCUT2D eigenvalue weighted by molar-refractivity contribution is 0.0690. The van der Waals surface area contributed by atoms with Gasteiger partial charge < -0.3 is 14.7 Å². The largest absolute Gasteiger partial charge is 0.476 e. The Hall–Kier alpha value is -2.31. The van der Waals surface area contributed by atoms with Gasteiger partial charge in [-0.2, -0.15) is 5.10 Å². The van der Waals surface area contributed by atoms with Gasteiger partial charge in [-0.1, -0.05) is 12.7 Å². The second-order valence-corrected chi connectivity index (χ2v) is 4.31. The van der Waals surface area contributed by atoms with Crippen LogP contribution < -0.4 is 0 Å². The van der Waals surface area contributed by atoms with Crippen molar-refractivity contribution in [3.05, 3.63) is 30.1 Å². The molecule has 0 bridgehead atoms. The molecule has 19 heavy (non-hydrogen) atoms. The zero-order valence-electron chi connectivity index (χ0n) is 10.3. The van der Waals surface area contributed by atoms with Crippen LogP contribution in [-0.4, -0.2) is 52.0 Å². The van der Waals surface area contributed by atoms with Crippen LogP contribution in [0.3, 0.4) is 0 Å². The summed E-state index contributed by atoms with van der Waals surface area (Å²) in [6.07, 6.45) is 1.89. The van der Waals surface area contributed by atoms with Gasteiger partial charge in [-0.3, -0.25) is 5.10 Å². The first kappa shape index (κ1) is 13.1. The van der Waals surface area contributed by atoms with Crippen molar-refractivity contribution < 1.29 is 19.4 Å². The minimum Gasteiger partial charge on any atom is -0.476 e. The Balaban J connectivity index is 1.95. The van der Waals surface area contributed by atoms with E-state index in [0.29, 0.717) is 13.1 Å². The molecule has 2 heterocycles. The van der Waals surface area contributed by atoms with Crippen LogP contribution in [-0.2, 0) is 4.74 Å². The second kappa shape index (κ2) is 5.55. The first-order valence-electron chi connectivity index (χ1n) is 5.93. The van der Waals surface area contributed by atoms with Gasteiger partial charge >= 0.3 is 12.1 Å². The number of carboxylic acids is 1. The zero-order valence-corrected chi connectivity index (χ0v) is 10.3. The molecule has 7 heteroatoms. The minimum absolute atomic E-state index is 0.0114. The second-order valence-electron chi connectivity index (χ2n) is 4.31. The maximum Gasteiger partial charge on any atom is 0.410 e. The number of ether oxygens (including phenoxy) is 1. The molecule has 0 spiro atoms. The van der Waals surface area contributed by atoms with Crippen LogP contribution in [0.5, 0.6) is 0 Å². The molecular weight excluding hydrogens is 250 g/mol. The lowest BCUT2D eigenvalue weighted by Crippen LogP contribution is -2.29. The summed E-state index contributed by atoms with van der Waals surface area (Å²) >= 11 is 0. The molecule has 0 aromatic carbocycles. The van der Waals surface area contributed by atoms with E-state index in [9.17, 15) is 9.59 Å². The van der Waals surface area contributed by atoms with Crippen molar-refractivity contribution in [2.24, 2.45) is 0 Å². The molecular formula is C12H15N3O4. The number of nitrogens with one attached hydrogen (secondary N) is 1. The molecule has 0 radical (unpaired) electrons. The number of hydrogen-bond acceptors (Lipinski definition) is 4. The molecule has 1 fully saturated rings. The van der Waals surface area contributed by atoms with E-state index >= 15 is 0 Å². The van der Waals surface area contributed by atoms with E-state index in [1.165, 1.54) is 12.1 Å². The fourth-order valence-corrected chi connectivity index (χ4v) is 2.06. The molecule has 0 aliphatic carbocycles. The zero-order chi connectivity index (χ0) is 13.8. The van der Waals surface area contributed by atoms with Gasteiger partial charge in [0.05, 0.1) is 0 Å². The Morgan fingerprint density at radius 1 is 1.68 bits per heavy atom. The summed E-state index contributed by atoms with van der Waals surface area (Å²) in [7, 11) is 0. The number of likely N-dealkylation sites (tertiary alicyclic amines) is 1. The molecule has 102 valence electrons. The standard InChI is InChI=1S/C12H15N3O4/c1-2-5-19-12(18)15-4-3-8(7-15)9-6-10(11(16)17)14-13-9/h2,6,8H,1,3-5,7H2,(H,13,14)(H,16,17). The van der Waals surface area contributed by atoms with Crippen LogP contribution >= 0.6 is 0 Å².